The van der Waals surface area contributed by atoms with Gasteiger partial charge in [0.25, 0.3) is 0 Å². The van der Waals surface area contributed by atoms with E-state index >= 15 is 0 Å². The van der Waals surface area contributed by atoms with Crippen molar-refractivity contribution in [3.8, 4) is 5.69 Å². The van der Waals surface area contributed by atoms with Crippen molar-refractivity contribution < 1.29 is 9.90 Å². The Kier molecular flexibility index (Phi) is 3.57. The van der Waals surface area contributed by atoms with Crippen LogP contribution in [0.2, 0.25) is 0 Å². The summed E-state index contributed by atoms with van der Waals surface area (Å²) >= 11 is 0. The molecule has 2 N–H and O–H groups in total. The first-order chi connectivity index (χ1) is 12.1. The van der Waals surface area contributed by atoms with Crippen molar-refractivity contribution >= 4 is 17.0 Å². The number of carboxylic acids is 1. The molecule has 0 bridgehead atoms. The van der Waals surface area contributed by atoms with Crippen LogP contribution in [-0.4, -0.2) is 30.8 Å². The molecule has 0 aliphatic rings. The van der Waals surface area contributed by atoms with Gasteiger partial charge in [-0.1, -0.05) is 12.1 Å². The Labute approximate surface area is 143 Å². The molecule has 0 fully saturated rings. The van der Waals surface area contributed by atoms with E-state index in [1.54, 1.807) is 16.9 Å². The third-order valence-electron chi connectivity index (χ3n) is 4.40. The molecular weight excluding hydrogens is 316 g/mol. The van der Waals surface area contributed by atoms with E-state index in [1.165, 1.54) is 6.33 Å². The van der Waals surface area contributed by atoms with E-state index in [0.717, 1.165) is 27.9 Å². The molecule has 0 radical (unpaired) electrons. The van der Waals surface area contributed by atoms with Gasteiger partial charge in [-0.2, -0.15) is 5.10 Å². The zero-order chi connectivity index (χ0) is 17.4. The maximum atomic E-state index is 11.5. The second kappa shape index (κ2) is 5.90. The molecule has 25 heavy (non-hydrogen) atoms. The molecule has 2 heterocycles. The smallest absolute Gasteiger partial charge is 0.337 e. The number of nitrogens with one attached hydrogen (secondary N) is 1. The topological polar surface area (TPSA) is 83.8 Å². The van der Waals surface area contributed by atoms with E-state index < -0.39 is 5.97 Å². The van der Waals surface area contributed by atoms with Crippen LogP contribution in [0.1, 0.15) is 27.0 Å². The van der Waals surface area contributed by atoms with Gasteiger partial charge >= 0.3 is 5.97 Å². The number of aromatic carboxylic acids is 1. The minimum Gasteiger partial charge on any atom is -0.478 e. The SMILES string of the molecule is Cc1c(Cc2ccc(-n3cccn3)cc2)cc(C(=O)O)c2nc[nH]c12. The summed E-state index contributed by atoms with van der Waals surface area (Å²) in [7, 11) is 0. The number of fused-ring (bicyclic) bond motifs is 1. The normalized spacial score (nSPS) is 11.1. The van der Waals surface area contributed by atoms with Crippen molar-refractivity contribution in [2.24, 2.45) is 0 Å². The zero-order valence-corrected chi connectivity index (χ0v) is 13.6. The molecule has 0 amide bonds. The number of hydrogen-bond donors (Lipinski definition) is 2. The van der Waals surface area contributed by atoms with E-state index in [0.29, 0.717) is 11.9 Å². The number of nitrogens with zero attached hydrogens (tertiary/aromatic N) is 3. The van der Waals surface area contributed by atoms with Gasteiger partial charge in [-0.3, -0.25) is 0 Å². The number of carboxylic acid groups (broad SMARTS) is 1. The van der Waals surface area contributed by atoms with Crippen molar-refractivity contribution in [3.63, 3.8) is 0 Å². The molecule has 2 aromatic heterocycles. The molecule has 0 aliphatic heterocycles. The van der Waals surface area contributed by atoms with Gasteiger partial charge in [0.05, 0.1) is 23.1 Å². The molecule has 124 valence electrons. The fourth-order valence-corrected chi connectivity index (χ4v) is 3.05. The first-order valence-corrected chi connectivity index (χ1v) is 7.91. The molecule has 0 unspecified atom stereocenters. The lowest BCUT2D eigenvalue weighted by Crippen LogP contribution is -2.03. The maximum absolute atomic E-state index is 11.5. The Morgan fingerprint density at radius 2 is 2.08 bits per heavy atom. The van der Waals surface area contributed by atoms with Crippen molar-refractivity contribution in [2.75, 3.05) is 0 Å². The summed E-state index contributed by atoms with van der Waals surface area (Å²) in [6.07, 6.45) is 5.82. The fraction of sp³-hybridized carbons (Fsp3) is 0.105. The Bertz CT molecular complexity index is 1050. The predicted molar refractivity (Wildman–Crippen MR) is 94.2 cm³/mol. The third-order valence-corrected chi connectivity index (χ3v) is 4.40. The lowest BCUT2D eigenvalue weighted by molar-refractivity contribution is 0.0698. The molecule has 6 nitrogen and oxygen atoms in total. The van der Waals surface area contributed by atoms with Crippen LogP contribution in [0.5, 0.6) is 0 Å². The number of H-pyrrole nitrogens is 1. The summed E-state index contributed by atoms with van der Waals surface area (Å²) in [5.74, 6) is -0.965. The standard InChI is InChI=1S/C19H16N4O2/c1-12-14(10-16(19(24)25)18-17(12)20-11-21-18)9-13-3-5-15(6-4-13)23-8-2-7-22-23/h2-8,10-11H,9H2,1H3,(H,20,21)(H,24,25). The summed E-state index contributed by atoms with van der Waals surface area (Å²) < 4.78 is 1.80. The maximum Gasteiger partial charge on any atom is 0.337 e. The van der Waals surface area contributed by atoms with E-state index in [2.05, 4.69) is 15.1 Å². The lowest BCUT2D eigenvalue weighted by Gasteiger charge is -2.10. The number of benzene rings is 2. The first kappa shape index (κ1) is 15.1. The average molecular weight is 332 g/mol. The summed E-state index contributed by atoms with van der Waals surface area (Å²) in [6.45, 7) is 1.99. The number of rotatable bonds is 4. The summed E-state index contributed by atoms with van der Waals surface area (Å²) in [5, 5.41) is 13.7. The van der Waals surface area contributed by atoms with Crippen LogP contribution >= 0.6 is 0 Å². The van der Waals surface area contributed by atoms with E-state index in [4.69, 9.17) is 0 Å². The van der Waals surface area contributed by atoms with E-state index in [9.17, 15) is 9.90 Å². The predicted octanol–water partition coefficient (Wildman–Crippen LogP) is 3.35. The highest BCUT2D eigenvalue weighted by atomic mass is 16.4. The molecule has 0 saturated carbocycles. The highest BCUT2D eigenvalue weighted by molar-refractivity contribution is 6.02. The molecular formula is C19H16N4O2. The van der Waals surface area contributed by atoms with Gasteiger partial charge in [-0.25, -0.2) is 14.5 Å². The van der Waals surface area contributed by atoms with Crippen LogP contribution in [0.15, 0.2) is 55.1 Å². The van der Waals surface area contributed by atoms with Crippen molar-refractivity contribution in [3.05, 3.63) is 77.4 Å². The second-order valence-electron chi connectivity index (χ2n) is 5.93. The minimum atomic E-state index is -0.965. The molecule has 0 spiro atoms. The van der Waals surface area contributed by atoms with Gasteiger partial charge in [0.15, 0.2) is 0 Å². The molecule has 4 rings (SSSR count). The van der Waals surface area contributed by atoms with Gasteiger partial charge in [0.2, 0.25) is 0 Å². The highest BCUT2D eigenvalue weighted by Crippen LogP contribution is 2.25. The number of aromatic nitrogens is 4. The minimum absolute atomic E-state index is 0.227. The molecule has 0 aliphatic carbocycles. The number of aromatic amines is 1. The Morgan fingerprint density at radius 3 is 2.76 bits per heavy atom. The highest BCUT2D eigenvalue weighted by Gasteiger charge is 2.16. The quantitative estimate of drug-likeness (QED) is 0.600. The van der Waals surface area contributed by atoms with Crippen molar-refractivity contribution in [1.82, 2.24) is 19.7 Å². The van der Waals surface area contributed by atoms with E-state index in [-0.39, 0.29) is 5.56 Å². The largest absolute Gasteiger partial charge is 0.478 e. The Hall–Kier alpha value is -3.41. The lowest BCUT2D eigenvalue weighted by atomic mass is 9.96. The van der Waals surface area contributed by atoms with Crippen LogP contribution < -0.4 is 0 Å². The summed E-state index contributed by atoms with van der Waals surface area (Å²) in [5.41, 5.74) is 5.60. The number of hydrogen-bond acceptors (Lipinski definition) is 3. The number of carbonyl (C=O) groups is 1. The van der Waals surface area contributed by atoms with Gasteiger partial charge < -0.3 is 10.1 Å². The monoisotopic (exact) mass is 332 g/mol. The van der Waals surface area contributed by atoms with Crippen molar-refractivity contribution in [2.45, 2.75) is 13.3 Å². The molecule has 2 aromatic carbocycles. The molecule has 6 heteroatoms. The zero-order valence-electron chi connectivity index (χ0n) is 13.6. The van der Waals surface area contributed by atoms with E-state index in [1.807, 2.05) is 43.5 Å². The summed E-state index contributed by atoms with van der Waals surface area (Å²) in [6, 6.07) is 11.7. The number of aryl methyl sites for hydroxylation is 1. The van der Waals surface area contributed by atoms with Crippen LogP contribution in [0, 0.1) is 6.92 Å². The fourth-order valence-electron chi connectivity index (χ4n) is 3.05. The van der Waals surface area contributed by atoms with Gasteiger partial charge in [-0.05, 0) is 54.3 Å². The van der Waals surface area contributed by atoms with Gasteiger partial charge in [0.1, 0.15) is 5.52 Å². The third kappa shape index (κ3) is 2.67. The summed E-state index contributed by atoms with van der Waals surface area (Å²) in [4.78, 5) is 18.7. The molecule has 0 saturated heterocycles. The van der Waals surface area contributed by atoms with Crippen LogP contribution in [-0.2, 0) is 6.42 Å². The number of imidazole rings is 1. The molecule has 0 atom stereocenters. The van der Waals surface area contributed by atoms with Gasteiger partial charge in [0, 0.05) is 12.4 Å². The van der Waals surface area contributed by atoms with Crippen molar-refractivity contribution in [1.29, 1.82) is 0 Å². The van der Waals surface area contributed by atoms with Crippen LogP contribution in [0.25, 0.3) is 16.7 Å². The molecule has 4 aromatic rings. The Balaban J connectivity index is 1.71. The average Bonchev–Trinajstić information content (AvgIpc) is 3.29. The van der Waals surface area contributed by atoms with Crippen LogP contribution in [0.4, 0.5) is 0 Å². The Morgan fingerprint density at radius 1 is 1.28 bits per heavy atom. The van der Waals surface area contributed by atoms with Gasteiger partial charge in [-0.15, -0.1) is 0 Å². The second-order valence-corrected chi connectivity index (χ2v) is 5.93. The van der Waals surface area contributed by atoms with Crippen LogP contribution in [0.3, 0.4) is 0 Å². The first-order valence-electron chi connectivity index (χ1n) is 7.91.